The third kappa shape index (κ3) is 2.04. The smallest absolute Gasteiger partial charge is 0.167 e. The van der Waals surface area contributed by atoms with E-state index in [4.69, 9.17) is 0 Å². The maximum absolute atomic E-state index is 13.4. The van der Waals surface area contributed by atoms with Crippen molar-refractivity contribution in [3.8, 4) is 0 Å². The van der Waals surface area contributed by atoms with Crippen LogP contribution in [0.4, 0.5) is 17.6 Å². The number of hydrogen-bond donors (Lipinski definition) is 0. The van der Waals surface area contributed by atoms with E-state index in [1.807, 2.05) is 0 Å². The fourth-order valence-corrected chi connectivity index (χ4v) is 1.47. The Balaban J connectivity index is 3.50. The van der Waals surface area contributed by atoms with E-state index in [-0.39, 0.29) is 0 Å². The molecule has 0 saturated heterocycles. The number of rotatable bonds is 3. The van der Waals surface area contributed by atoms with Gasteiger partial charge in [0.05, 0.1) is 12.2 Å². The van der Waals surface area contributed by atoms with Crippen LogP contribution in [-0.2, 0) is 11.3 Å². The molecule has 1 aromatic carbocycles. The molecule has 0 atom stereocenters. The van der Waals surface area contributed by atoms with Crippen LogP contribution in [0.25, 0.3) is 0 Å². The SMILES string of the molecule is COCc1c(F)c(F)c(C(C)C)c(F)c1F. The van der Waals surface area contributed by atoms with E-state index in [1.165, 1.54) is 21.0 Å². The van der Waals surface area contributed by atoms with Gasteiger partial charge in [-0.2, -0.15) is 0 Å². The topological polar surface area (TPSA) is 9.23 Å². The Labute approximate surface area is 91.0 Å². The van der Waals surface area contributed by atoms with E-state index in [9.17, 15) is 17.6 Å². The molecular weight excluding hydrogens is 224 g/mol. The highest BCUT2D eigenvalue weighted by atomic mass is 19.2. The summed E-state index contributed by atoms with van der Waals surface area (Å²) in [5, 5.41) is 0. The van der Waals surface area contributed by atoms with Gasteiger partial charge in [0.2, 0.25) is 0 Å². The van der Waals surface area contributed by atoms with Gasteiger partial charge in [-0.1, -0.05) is 13.8 Å². The molecule has 0 heterocycles. The van der Waals surface area contributed by atoms with Gasteiger partial charge in [0.25, 0.3) is 0 Å². The predicted molar refractivity (Wildman–Crippen MR) is 51.1 cm³/mol. The van der Waals surface area contributed by atoms with Crippen molar-refractivity contribution in [2.24, 2.45) is 0 Å². The molecule has 1 nitrogen and oxygen atoms in total. The van der Waals surface area contributed by atoms with Crippen LogP contribution in [0.5, 0.6) is 0 Å². The summed E-state index contributed by atoms with van der Waals surface area (Å²) < 4.78 is 58.1. The van der Waals surface area contributed by atoms with Gasteiger partial charge in [-0.15, -0.1) is 0 Å². The minimum atomic E-state index is -1.38. The third-order valence-corrected chi connectivity index (χ3v) is 2.25. The number of methoxy groups -OCH3 is 1. The van der Waals surface area contributed by atoms with Gasteiger partial charge in [-0.05, 0) is 5.92 Å². The molecule has 0 unspecified atom stereocenters. The van der Waals surface area contributed by atoms with Crippen molar-refractivity contribution in [2.75, 3.05) is 7.11 Å². The average molecular weight is 236 g/mol. The zero-order valence-electron chi connectivity index (χ0n) is 9.20. The molecule has 0 N–H and O–H groups in total. The number of halogens is 4. The Morgan fingerprint density at radius 3 is 1.69 bits per heavy atom. The third-order valence-electron chi connectivity index (χ3n) is 2.25. The van der Waals surface area contributed by atoms with Gasteiger partial charge in [0.15, 0.2) is 23.3 Å². The first-order valence-corrected chi connectivity index (χ1v) is 4.75. The van der Waals surface area contributed by atoms with Crippen LogP contribution in [0.2, 0.25) is 0 Å². The molecule has 0 fully saturated rings. The zero-order valence-corrected chi connectivity index (χ0v) is 9.20. The highest BCUT2D eigenvalue weighted by molar-refractivity contribution is 5.31. The van der Waals surface area contributed by atoms with Crippen molar-refractivity contribution in [3.63, 3.8) is 0 Å². The Kier molecular flexibility index (Phi) is 3.91. The zero-order chi connectivity index (χ0) is 12.5. The molecule has 0 spiro atoms. The Hall–Kier alpha value is -1.10. The van der Waals surface area contributed by atoms with E-state index in [0.29, 0.717) is 0 Å². The van der Waals surface area contributed by atoms with Gasteiger partial charge in [-0.25, -0.2) is 17.6 Å². The first-order chi connectivity index (χ1) is 7.41. The van der Waals surface area contributed by atoms with Crippen LogP contribution in [0.15, 0.2) is 0 Å². The molecule has 0 aliphatic rings. The molecule has 90 valence electrons. The first kappa shape index (κ1) is 13.0. The summed E-state index contributed by atoms with van der Waals surface area (Å²) >= 11 is 0. The molecule has 0 aliphatic heterocycles. The van der Waals surface area contributed by atoms with Crippen LogP contribution in [0.1, 0.15) is 30.9 Å². The van der Waals surface area contributed by atoms with Crippen molar-refractivity contribution < 1.29 is 22.3 Å². The van der Waals surface area contributed by atoms with Crippen LogP contribution in [0, 0.1) is 23.3 Å². The molecule has 0 aliphatic carbocycles. The summed E-state index contributed by atoms with van der Waals surface area (Å²) in [5.41, 5.74) is -1.29. The molecule has 1 aromatic rings. The lowest BCUT2D eigenvalue weighted by Gasteiger charge is -2.13. The normalized spacial score (nSPS) is 11.2. The lowest BCUT2D eigenvalue weighted by molar-refractivity contribution is 0.175. The van der Waals surface area contributed by atoms with Gasteiger partial charge in [-0.3, -0.25) is 0 Å². The number of benzene rings is 1. The van der Waals surface area contributed by atoms with Gasteiger partial charge in [0.1, 0.15) is 0 Å². The Morgan fingerprint density at radius 2 is 1.38 bits per heavy atom. The van der Waals surface area contributed by atoms with E-state index < -0.39 is 46.9 Å². The van der Waals surface area contributed by atoms with Crippen LogP contribution in [-0.4, -0.2) is 7.11 Å². The Morgan fingerprint density at radius 1 is 0.938 bits per heavy atom. The van der Waals surface area contributed by atoms with Gasteiger partial charge in [0, 0.05) is 12.7 Å². The second-order valence-electron chi connectivity index (χ2n) is 3.74. The Bertz CT molecular complexity index is 372. The molecule has 0 amide bonds. The summed E-state index contributed by atoms with van der Waals surface area (Å²) in [5.74, 6) is -6.10. The van der Waals surface area contributed by atoms with Crippen molar-refractivity contribution in [1.29, 1.82) is 0 Å². The molecular formula is C11H12F4O. The fourth-order valence-electron chi connectivity index (χ4n) is 1.47. The fraction of sp³-hybridized carbons (Fsp3) is 0.455. The summed E-state index contributed by atoms with van der Waals surface area (Å²) in [6.45, 7) is 2.40. The lowest BCUT2D eigenvalue weighted by Crippen LogP contribution is -2.10. The molecule has 16 heavy (non-hydrogen) atoms. The molecule has 0 saturated carbocycles. The van der Waals surface area contributed by atoms with Crippen molar-refractivity contribution in [1.82, 2.24) is 0 Å². The second kappa shape index (κ2) is 4.82. The van der Waals surface area contributed by atoms with E-state index in [0.717, 1.165) is 0 Å². The molecule has 0 aromatic heterocycles. The van der Waals surface area contributed by atoms with Crippen LogP contribution in [0.3, 0.4) is 0 Å². The average Bonchev–Trinajstić information content (AvgIpc) is 2.21. The lowest BCUT2D eigenvalue weighted by atomic mass is 9.99. The quantitative estimate of drug-likeness (QED) is 0.576. The minimum Gasteiger partial charge on any atom is -0.380 e. The molecule has 0 bridgehead atoms. The predicted octanol–water partition coefficient (Wildman–Crippen LogP) is 3.51. The maximum atomic E-state index is 13.4. The van der Waals surface area contributed by atoms with Crippen molar-refractivity contribution in [3.05, 3.63) is 34.4 Å². The molecule has 5 heteroatoms. The summed E-state index contributed by atoms with van der Waals surface area (Å²) in [6, 6.07) is 0. The van der Waals surface area contributed by atoms with Crippen molar-refractivity contribution in [2.45, 2.75) is 26.4 Å². The largest absolute Gasteiger partial charge is 0.380 e. The van der Waals surface area contributed by atoms with E-state index in [2.05, 4.69) is 4.74 Å². The highest BCUT2D eigenvalue weighted by Gasteiger charge is 2.26. The number of ether oxygens (including phenoxy) is 1. The molecule has 1 rings (SSSR count). The minimum absolute atomic E-state index is 0.510. The monoisotopic (exact) mass is 236 g/mol. The highest BCUT2D eigenvalue weighted by Crippen LogP contribution is 2.29. The second-order valence-corrected chi connectivity index (χ2v) is 3.74. The van der Waals surface area contributed by atoms with Crippen LogP contribution < -0.4 is 0 Å². The molecule has 0 radical (unpaired) electrons. The standard InChI is InChI=1S/C11H12F4O/c1-5(2)7-10(14)8(12)6(4-16-3)9(13)11(7)15/h5H,4H2,1-3H3. The first-order valence-electron chi connectivity index (χ1n) is 4.75. The summed E-state index contributed by atoms with van der Waals surface area (Å²) in [7, 11) is 1.19. The van der Waals surface area contributed by atoms with E-state index >= 15 is 0 Å². The van der Waals surface area contributed by atoms with Gasteiger partial charge < -0.3 is 4.74 Å². The van der Waals surface area contributed by atoms with Crippen molar-refractivity contribution >= 4 is 0 Å². The van der Waals surface area contributed by atoms with Crippen LogP contribution >= 0.6 is 0 Å². The van der Waals surface area contributed by atoms with Gasteiger partial charge >= 0.3 is 0 Å². The van der Waals surface area contributed by atoms with E-state index in [1.54, 1.807) is 0 Å². The summed E-state index contributed by atoms with van der Waals surface area (Å²) in [6.07, 6.45) is 0. The number of hydrogen-bond acceptors (Lipinski definition) is 1. The maximum Gasteiger partial charge on any atom is 0.167 e. The summed E-state index contributed by atoms with van der Waals surface area (Å²) in [4.78, 5) is 0.